The van der Waals surface area contributed by atoms with Gasteiger partial charge in [0.05, 0.1) is 6.10 Å². The SMILES string of the molecule is O=C(O)N1CC2C(O)[C@@H]2C1. The van der Waals surface area contributed by atoms with Crippen LogP contribution in [0.25, 0.3) is 0 Å². The molecule has 0 bridgehead atoms. The second kappa shape index (κ2) is 1.63. The zero-order chi connectivity index (χ0) is 7.30. The summed E-state index contributed by atoms with van der Waals surface area (Å²) in [7, 11) is 0. The standard InChI is InChI=1S/C6H9NO3/c8-5-3-1-7(6(9)10)2-4(3)5/h3-5,8H,1-2H2,(H,9,10)/t3-,4?,5?/m1/s1. The normalized spacial score (nSPS) is 43.3. The number of likely N-dealkylation sites (tertiary alicyclic amines) is 1. The zero-order valence-corrected chi connectivity index (χ0v) is 5.40. The molecule has 0 aromatic rings. The fourth-order valence-corrected chi connectivity index (χ4v) is 1.65. The van der Waals surface area contributed by atoms with Crippen LogP contribution in [-0.2, 0) is 0 Å². The van der Waals surface area contributed by atoms with Gasteiger partial charge >= 0.3 is 6.09 Å². The van der Waals surface area contributed by atoms with E-state index in [0.717, 1.165) is 0 Å². The van der Waals surface area contributed by atoms with Crippen LogP contribution in [0.15, 0.2) is 0 Å². The van der Waals surface area contributed by atoms with E-state index in [0.29, 0.717) is 13.1 Å². The van der Waals surface area contributed by atoms with Crippen LogP contribution in [0.2, 0.25) is 0 Å². The lowest BCUT2D eigenvalue weighted by Crippen LogP contribution is -2.30. The highest BCUT2D eigenvalue weighted by Gasteiger charge is 2.56. The molecule has 0 radical (unpaired) electrons. The number of piperidine rings is 1. The monoisotopic (exact) mass is 143 g/mol. The molecule has 0 spiro atoms. The van der Waals surface area contributed by atoms with Gasteiger partial charge in [-0.25, -0.2) is 4.79 Å². The van der Waals surface area contributed by atoms with E-state index in [2.05, 4.69) is 0 Å². The van der Waals surface area contributed by atoms with Gasteiger partial charge in [-0.15, -0.1) is 0 Å². The van der Waals surface area contributed by atoms with E-state index in [1.807, 2.05) is 0 Å². The second-order valence-corrected chi connectivity index (χ2v) is 3.01. The predicted octanol–water partition coefficient (Wildman–Crippen LogP) is -0.413. The van der Waals surface area contributed by atoms with Crippen molar-refractivity contribution in [2.24, 2.45) is 11.8 Å². The topological polar surface area (TPSA) is 60.8 Å². The molecule has 1 aliphatic carbocycles. The minimum absolute atomic E-state index is 0.212. The molecule has 2 rings (SSSR count). The Balaban J connectivity index is 1.95. The number of nitrogens with zero attached hydrogens (tertiary/aromatic N) is 1. The maximum atomic E-state index is 10.3. The smallest absolute Gasteiger partial charge is 0.407 e. The molecule has 1 aliphatic heterocycles. The number of aliphatic hydroxyl groups is 1. The molecule has 3 atom stereocenters. The quantitative estimate of drug-likeness (QED) is 0.484. The van der Waals surface area contributed by atoms with Gasteiger partial charge in [-0.3, -0.25) is 0 Å². The molecule has 10 heavy (non-hydrogen) atoms. The molecular formula is C6H9NO3. The van der Waals surface area contributed by atoms with E-state index in [9.17, 15) is 4.79 Å². The van der Waals surface area contributed by atoms with Crippen molar-refractivity contribution in [1.29, 1.82) is 0 Å². The molecule has 1 saturated carbocycles. The van der Waals surface area contributed by atoms with Crippen molar-refractivity contribution >= 4 is 6.09 Å². The van der Waals surface area contributed by atoms with Gasteiger partial charge in [-0.1, -0.05) is 0 Å². The Morgan fingerprint density at radius 3 is 2.30 bits per heavy atom. The molecule has 0 aromatic carbocycles. The summed E-state index contributed by atoms with van der Waals surface area (Å²) in [6.07, 6.45) is -1.07. The van der Waals surface area contributed by atoms with Gasteiger partial charge in [-0.05, 0) is 0 Å². The van der Waals surface area contributed by atoms with Crippen molar-refractivity contribution in [1.82, 2.24) is 4.90 Å². The number of rotatable bonds is 0. The van der Waals surface area contributed by atoms with Crippen LogP contribution in [0.3, 0.4) is 0 Å². The number of hydrogen-bond acceptors (Lipinski definition) is 2. The Morgan fingerprint density at radius 2 is 1.90 bits per heavy atom. The summed E-state index contributed by atoms with van der Waals surface area (Å²) in [5.41, 5.74) is 0. The largest absolute Gasteiger partial charge is 0.465 e. The molecule has 2 unspecified atom stereocenters. The van der Waals surface area contributed by atoms with Gasteiger partial charge in [0.15, 0.2) is 0 Å². The molecule has 56 valence electrons. The molecule has 2 aliphatic rings. The molecule has 4 heteroatoms. The average molecular weight is 143 g/mol. The molecule has 2 N–H and O–H groups in total. The third-order valence-electron chi connectivity index (χ3n) is 2.42. The van der Waals surface area contributed by atoms with Gasteiger partial charge < -0.3 is 15.1 Å². The fourth-order valence-electron chi connectivity index (χ4n) is 1.65. The first-order chi connectivity index (χ1) is 4.70. The number of carbonyl (C=O) groups is 1. The van der Waals surface area contributed by atoms with E-state index < -0.39 is 6.09 Å². The third kappa shape index (κ3) is 0.623. The van der Waals surface area contributed by atoms with Crippen molar-refractivity contribution in [3.63, 3.8) is 0 Å². The van der Waals surface area contributed by atoms with Gasteiger partial charge in [0.25, 0.3) is 0 Å². The summed E-state index contributed by atoms with van der Waals surface area (Å²) >= 11 is 0. The molecule has 4 nitrogen and oxygen atoms in total. The van der Waals surface area contributed by atoms with Gasteiger partial charge in [0, 0.05) is 24.9 Å². The Bertz CT molecular complexity index is 170. The van der Waals surface area contributed by atoms with Crippen molar-refractivity contribution < 1.29 is 15.0 Å². The van der Waals surface area contributed by atoms with Crippen molar-refractivity contribution in [2.45, 2.75) is 6.10 Å². The van der Waals surface area contributed by atoms with Crippen LogP contribution in [0.5, 0.6) is 0 Å². The molecular weight excluding hydrogens is 134 g/mol. The van der Waals surface area contributed by atoms with Gasteiger partial charge in [0.1, 0.15) is 0 Å². The summed E-state index contributed by atoms with van der Waals surface area (Å²) in [6, 6.07) is 0. The second-order valence-electron chi connectivity index (χ2n) is 3.01. The summed E-state index contributed by atoms with van der Waals surface area (Å²) in [5.74, 6) is 0.493. The van der Waals surface area contributed by atoms with Crippen LogP contribution in [0, 0.1) is 11.8 Å². The zero-order valence-electron chi connectivity index (χ0n) is 5.40. The fraction of sp³-hybridized carbons (Fsp3) is 0.833. The summed E-state index contributed by atoms with van der Waals surface area (Å²) in [4.78, 5) is 11.7. The summed E-state index contributed by atoms with van der Waals surface area (Å²) in [5, 5.41) is 17.5. The van der Waals surface area contributed by atoms with Crippen molar-refractivity contribution in [3.05, 3.63) is 0 Å². The number of carboxylic acid groups (broad SMARTS) is 1. The van der Waals surface area contributed by atoms with Gasteiger partial charge in [-0.2, -0.15) is 0 Å². The Hall–Kier alpha value is -0.770. The molecule has 0 aromatic heterocycles. The highest BCUT2D eigenvalue weighted by Crippen LogP contribution is 2.45. The number of fused-ring (bicyclic) bond motifs is 1. The third-order valence-corrected chi connectivity index (χ3v) is 2.42. The minimum Gasteiger partial charge on any atom is -0.465 e. The van der Waals surface area contributed by atoms with E-state index in [-0.39, 0.29) is 17.9 Å². The number of aliphatic hydroxyl groups excluding tert-OH is 1. The maximum absolute atomic E-state index is 10.3. The number of hydrogen-bond donors (Lipinski definition) is 2. The summed E-state index contributed by atoms with van der Waals surface area (Å²) < 4.78 is 0. The average Bonchev–Trinajstić information content (AvgIpc) is 2.38. The molecule has 2 fully saturated rings. The summed E-state index contributed by atoms with van der Waals surface area (Å²) in [6.45, 7) is 1.06. The number of amides is 1. The lowest BCUT2D eigenvalue weighted by Gasteiger charge is -2.13. The molecule has 1 amide bonds. The molecule has 1 saturated heterocycles. The van der Waals surface area contributed by atoms with E-state index in [1.54, 1.807) is 0 Å². The highest BCUT2D eigenvalue weighted by molar-refractivity contribution is 5.65. The molecule has 1 heterocycles. The van der Waals surface area contributed by atoms with Crippen LogP contribution >= 0.6 is 0 Å². The first-order valence-electron chi connectivity index (χ1n) is 3.36. The highest BCUT2D eigenvalue weighted by atomic mass is 16.4. The lowest BCUT2D eigenvalue weighted by atomic mass is 10.4. The van der Waals surface area contributed by atoms with Gasteiger partial charge in [0.2, 0.25) is 0 Å². The van der Waals surface area contributed by atoms with Crippen LogP contribution in [-0.4, -0.2) is 40.4 Å². The predicted molar refractivity (Wildman–Crippen MR) is 32.6 cm³/mol. The Morgan fingerprint density at radius 1 is 1.40 bits per heavy atom. The van der Waals surface area contributed by atoms with Crippen LogP contribution in [0.1, 0.15) is 0 Å². The van der Waals surface area contributed by atoms with E-state index in [4.69, 9.17) is 10.2 Å². The van der Waals surface area contributed by atoms with Crippen molar-refractivity contribution in [3.8, 4) is 0 Å². The Labute approximate surface area is 58.1 Å². The Kier molecular flexibility index (Phi) is 0.976. The lowest BCUT2D eigenvalue weighted by molar-refractivity contribution is 0.137. The first kappa shape index (κ1) is 5.97. The van der Waals surface area contributed by atoms with E-state index in [1.165, 1.54) is 4.90 Å². The van der Waals surface area contributed by atoms with Crippen LogP contribution in [0.4, 0.5) is 4.79 Å². The maximum Gasteiger partial charge on any atom is 0.407 e. The van der Waals surface area contributed by atoms with E-state index >= 15 is 0 Å². The first-order valence-corrected chi connectivity index (χ1v) is 3.36. The minimum atomic E-state index is -0.862. The van der Waals surface area contributed by atoms with Crippen LogP contribution < -0.4 is 0 Å². The van der Waals surface area contributed by atoms with Crippen molar-refractivity contribution in [2.75, 3.05) is 13.1 Å².